The molecule has 0 saturated heterocycles. The summed E-state index contributed by atoms with van der Waals surface area (Å²) in [4.78, 5) is 51.9. The first kappa shape index (κ1) is 95.0. The Morgan fingerprint density at radius 1 is 0.227 bits per heavy atom. The first-order valence-electron chi connectivity index (χ1n) is 41.1. The van der Waals surface area contributed by atoms with E-state index in [1.807, 2.05) is 342 Å². The summed E-state index contributed by atoms with van der Waals surface area (Å²) in [7, 11) is 0. The van der Waals surface area contributed by atoms with Gasteiger partial charge in [-0.1, -0.05) is 156 Å². The Labute approximate surface area is 817 Å². The van der Waals surface area contributed by atoms with Crippen molar-refractivity contribution in [1.29, 1.82) is 0 Å². The quantitative estimate of drug-likeness (QED) is 0.130. The van der Waals surface area contributed by atoms with Crippen molar-refractivity contribution in [2.75, 3.05) is 0 Å². The normalized spacial score (nSPS) is 10.3. The number of aryl methyl sites for hydroxylation is 4. The van der Waals surface area contributed by atoms with E-state index in [0.29, 0.717) is 11.4 Å². The van der Waals surface area contributed by atoms with Gasteiger partial charge in [-0.05, 0) is 174 Å². The van der Waals surface area contributed by atoms with Crippen LogP contribution in [0.2, 0.25) is 0 Å². The van der Waals surface area contributed by atoms with Crippen molar-refractivity contribution < 1.29 is 98.1 Å². The van der Waals surface area contributed by atoms with E-state index < -0.39 is 0 Å². The molecule has 0 aliphatic rings. The monoisotopic (exact) mass is 2420 g/mol. The van der Waals surface area contributed by atoms with E-state index in [4.69, 9.17) is 17.7 Å². The van der Waals surface area contributed by atoms with Gasteiger partial charge in [-0.3, -0.25) is 9.97 Å². The predicted molar refractivity (Wildman–Crippen MR) is 507 cm³/mol. The van der Waals surface area contributed by atoms with Gasteiger partial charge >= 0.3 is 0 Å². The third-order valence-electron chi connectivity index (χ3n) is 20.2. The summed E-state index contributed by atoms with van der Waals surface area (Å²) in [6.45, 7) is 8.26. The molecule has 132 heavy (non-hydrogen) atoms. The molecule has 0 aliphatic heterocycles. The molecule has 0 aliphatic carbocycles. The number of para-hydroxylation sites is 2. The molecule has 0 N–H and O–H groups in total. The number of hydrogen-bond acceptors (Lipinski definition) is 16. The third-order valence-corrected chi connectivity index (χ3v) is 20.2. The molecule has 20 heteroatoms. The van der Waals surface area contributed by atoms with Crippen LogP contribution in [0.3, 0.4) is 0 Å². The van der Waals surface area contributed by atoms with Gasteiger partial charge in [0.15, 0.2) is 0 Å². The fraction of sp³-hybridized carbons (Fsp3) is 0.0357. The second-order valence-electron chi connectivity index (χ2n) is 29.1. The molecular formula is C112H76Ir4N12O4-8. The van der Waals surface area contributed by atoms with Gasteiger partial charge in [0.2, 0.25) is 5.71 Å². The summed E-state index contributed by atoms with van der Waals surface area (Å²) < 4.78 is 23.0. The van der Waals surface area contributed by atoms with Crippen LogP contribution >= 0.6 is 0 Å². The van der Waals surface area contributed by atoms with Crippen LogP contribution in [0.5, 0.6) is 0 Å². The van der Waals surface area contributed by atoms with Crippen molar-refractivity contribution in [3.8, 4) is 90.2 Å². The van der Waals surface area contributed by atoms with Gasteiger partial charge in [0, 0.05) is 159 Å². The molecule has 4 radical (unpaired) electrons. The van der Waals surface area contributed by atoms with Crippen LogP contribution in [0.4, 0.5) is 0 Å². The standard InChI is InChI=1S/2C17H11N2O.2C16H9N2O.C13H12N.3C11H8N.4Ir/c1-11-6-7-18-15(8-11)12-9-14-13-4-2-3-5-16(13)20-17(14)19-10-12;1-11-8-9-18-14(10-11)13-6-7-16-17(19-13)12-4-2-3-5-15(12)20-16;1-2-8-17-14(5-1)11-6-7-12-13-4-3-9-18-16(13)19-15(12)10-11;1-2-8-17-13(4-1)11-6-7-12-15(10-11)19-14-5-3-9-18-16(12)14;1-10-8-13(14-9-11(10)2)12-6-4-3-5-7-12;3*1-2-6-10(7-3-1)11-8-4-5-9-12-11;;;;/h2-9H,1H3;2-5,7-10H,1H3;2*1-5,7-10H;3-6,8-9H,1-2H3;3*1-6,8-9H;;;;/q8*-1;;;;. The van der Waals surface area contributed by atoms with E-state index in [0.717, 1.165) is 173 Å². The zero-order valence-corrected chi connectivity index (χ0v) is 80.9. The summed E-state index contributed by atoms with van der Waals surface area (Å²) in [6.07, 6.45) is 20.9. The molecule has 16 heterocycles. The van der Waals surface area contributed by atoms with E-state index in [1.54, 1.807) is 55.8 Å². The van der Waals surface area contributed by atoms with Crippen LogP contribution in [0.1, 0.15) is 22.3 Å². The molecule has 24 aromatic rings. The van der Waals surface area contributed by atoms with Crippen molar-refractivity contribution >= 4 is 88.3 Å². The number of aromatic nitrogens is 12. The smallest absolute Gasteiger partial charge is 0.215 e. The molecule has 0 bridgehead atoms. The number of nitrogens with zero attached hydrogens (tertiary/aromatic N) is 12. The van der Waals surface area contributed by atoms with Crippen LogP contribution in [0.25, 0.3) is 178 Å². The average molecular weight is 2420 g/mol. The van der Waals surface area contributed by atoms with E-state index in [1.165, 1.54) is 16.7 Å². The molecule has 16 nitrogen and oxygen atoms in total. The Bertz CT molecular complexity index is 7160. The topological polar surface area (TPSA) is 207 Å². The number of benzene rings is 8. The summed E-state index contributed by atoms with van der Waals surface area (Å²) in [6, 6.07) is 128. The third kappa shape index (κ3) is 24.1. The van der Waals surface area contributed by atoms with Crippen LogP contribution in [0, 0.1) is 76.4 Å². The maximum absolute atomic E-state index is 5.80. The maximum Gasteiger partial charge on any atom is 0.215 e. The molecule has 0 fully saturated rings. The van der Waals surface area contributed by atoms with Gasteiger partial charge in [-0.15, -0.1) is 197 Å². The Morgan fingerprint density at radius 2 is 0.644 bits per heavy atom. The molecule has 24 rings (SSSR count). The van der Waals surface area contributed by atoms with Gasteiger partial charge in [-0.25, -0.2) is 4.98 Å². The summed E-state index contributed by atoms with van der Waals surface area (Å²) >= 11 is 0. The Morgan fingerprint density at radius 3 is 1.17 bits per heavy atom. The van der Waals surface area contributed by atoms with E-state index in [-0.39, 0.29) is 80.4 Å². The van der Waals surface area contributed by atoms with Gasteiger partial charge in [-0.2, -0.15) is 6.07 Å². The van der Waals surface area contributed by atoms with Crippen LogP contribution < -0.4 is 0 Å². The number of furan rings is 4. The zero-order chi connectivity index (χ0) is 87.0. The van der Waals surface area contributed by atoms with E-state index >= 15 is 0 Å². The van der Waals surface area contributed by atoms with Crippen molar-refractivity contribution in [3.05, 3.63) is 460 Å². The van der Waals surface area contributed by atoms with Crippen LogP contribution in [0.15, 0.2) is 407 Å². The molecular weight excluding hydrogens is 2350 g/mol. The second kappa shape index (κ2) is 47.1. The Hall–Kier alpha value is -14.6. The number of hydrogen-bond donors (Lipinski definition) is 0. The fourth-order valence-corrected chi connectivity index (χ4v) is 13.7. The minimum Gasteiger partial charge on any atom is -0.513 e. The van der Waals surface area contributed by atoms with Crippen molar-refractivity contribution in [3.63, 3.8) is 0 Å². The summed E-state index contributed by atoms with van der Waals surface area (Å²) in [5, 5.41) is 6.11. The first-order chi connectivity index (χ1) is 63.1. The first-order valence-corrected chi connectivity index (χ1v) is 41.1. The Kier molecular flexibility index (Phi) is 33.9. The van der Waals surface area contributed by atoms with Crippen LogP contribution in [-0.2, 0) is 80.4 Å². The largest absolute Gasteiger partial charge is 0.513 e. The molecule has 0 atom stereocenters. The van der Waals surface area contributed by atoms with Gasteiger partial charge < -0.3 is 62.5 Å². The molecule has 0 unspecified atom stereocenters. The minimum atomic E-state index is 0. The van der Waals surface area contributed by atoms with E-state index in [2.05, 4.69) is 128 Å². The maximum atomic E-state index is 5.80. The van der Waals surface area contributed by atoms with Gasteiger partial charge in [0.25, 0.3) is 0 Å². The number of pyridine rings is 12. The number of rotatable bonds is 8. The SMILES string of the molecule is Cc1ccnc(-c2[c-]cc3oc4ccccc4c3n2)c1.Cc1ccnc(-c2[c-]nc3oc4ccccc4c3c2)c1.Cc1cnc(-c2[c-]cccc2)cc1C.[Ir].[Ir].[Ir].[Ir].[c-]1cc2c(cc1-c1ccccn1)oc1cccnc12.[c-]1cc2c(cc1-c1ccccn1)oc1ncccc12.[c-]1ccccc1-c1ccccn1.[c-]1ccccc1-c1ccccn1.[c-]1ccccc1-c1ccccn1. The molecule has 16 aromatic heterocycles. The summed E-state index contributed by atoms with van der Waals surface area (Å²) in [5.74, 6) is 0. The van der Waals surface area contributed by atoms with Gasteiger partial charge in [0.05, 0.1) is 27.8 Å². The molecule has 0 spiro atoms. The average Bonchev–Trinajstić information content (AvgIpc) is 1.49. The molecule has 0 amide bonds. The van der Waals surface area contributed by atoms with Crippen molar-refractivity contribution in [2.24, 2.45) is 0 Å². The molecule has 0 saturated carbocycles. The molecule has 652 valence electrons. The predicted octanol–water partition coefficient (Wildman–Crippen LogP) is 26.8. The zero-order valence-electron chi connectivity index (χ0n) is 71.3. The van der Waals surface area contributed by atoms with Crippen molar-refractivity contribution in [2.45, 2.75) is 27.7 Å². The van der Waals surface area contributed by atoms with Crippen LogP contribution in [-0.4, -0.2) is 59.8 Å². The molecule has 8 aromatic carbocycles. The fourth-order valence-electron chi connectivity index (χ4n) is 13.7. The Balaban J connectivity index is 0.000000129. The second-order valence-corrected chi connectivity index (χ2v) is 29.1. The minimum absolute atomic E-state index is 0. The van der Waals surface area contributed by atoms with E-state index in [9.17, 15) is 0 Å². The summed E-state index contributed by atoms with van der Waals surface area (Å²) in [5.41, 5.74) is 27.7. The number of fused-ring (bicyclic) bond motifs is 12. The van der Waals surface area contributed by atoms with Gasteiger partial charge in [0.1, 0.15) is 22.5 Å². The van der Waals surface area contributed by atoms with Crippen molar-refractivity contribution in [1.82, 2.24) is 59.8 Å².